The second-order valence-corrected chi connectivity index (χ2v) is 8.56. The molecule has 1 aliphatic rings. The predicted octanol–water partition coefficient (Wildman–Crippen LogP) is 3.63. The summed E-state index contributed by atoms with van der Waals surface area (Å²) in [6, 6.07) is 3.34. The molecule has 1 heterocycles. The molecule has 0 saturated heterocycles. The molecule has 1 amide bonds. The zero-order chi connectivity index (χ0) is 21.5. The highest BCUT2D eigenvalue weighted by Gasteiger charge is 2.28. The topological polar surface area (TPSA) is 101 Å². The maximum absolute atomic E-state index is 12.7. The van der Waals surface area contributed by atoms with Gasteiger partial charge in [0, 0.05) is 17.6 Å². The van der Waals surface area contributed by atoms with Crippen LogP contribution in [0.15, 0.2) is 23.1 Å². The van der Waals surface area contributed by atoms with Crippen LogP contribution < -0.4 is 10.7 Å². The molecule has 0 aliphatic heterocycles. The summed E-state index contributed by atoms with van der Waals surface area (Å²) in [4.78, 5) is 41.3. The number of rotatable bonds is 7. The number of carboxylic acids is 1. The number of hydroxylamine groups is 2. The van der Waals surface area contributed by atoms with Gasteiger partial charge in [-0.3, -0.25) is 14.4 Å². The van der Waals surface area contributed by atoms with Crippen molar-refractivity contribution in [3.05, 3.63) is 39.1 Å². The Morgan fingerprint density at radius 1 is 1.41 bits per heavy atom. The Kier molecular flexibility index (Phi) is 5.60. The molecule has 9 heteroatoms. The third-order valence-electron chi connectivity index (χ3n) is 4.52. The molecule has 2 N–H and O–H groups in total. The van der Waals surface area contributed by atoms with Crippen LogP contribution in [0.2, 0.25) is 5.02 Å². The average Bonchev–Trinajstić information content (AvgIpc) is 3.45. The molecule has 1 atom stereocenters. The monoisotopic (exact) mass is 421 g/mol. The van der Waals surface area contributed by atoms with E-state index >= 15 is 0 Å². The lowest BCUT2D eigenvalue weighted by molar-refractivity contribution is -0.226. The van der Waals surface area contributed by atoms with Gasteiger partial charge in [0.05, 0.1) is 21.8 Å². The van der Waals surface area contributed by atoms with Crippen molar-refractivity contribution >= 4 is 40.6 Å². The fraction of sp³-hybridized carbons (Fsp3) is 0.450. The molecule has 2 aromatic rings. The highest BCUT2D eigenvalue weighted by molar-refractivity contribution is 6.34. The van der Waals surface area contributed by atoms with Crippen molar-refractivity contribution in [3.63, 3.8) is 0 Å². The number of hydrogen-bond acceptors (Lipinski definition) is 5. The molecule has 0 unspecified atom stereocenters. The number of aromatic carboxylic acids is 1. The Balaban J connectivity index is 2.04. The summed E-state index contributed by atoms with van der Waals surface area (Å²) in [5.41, 5.74) is -0.452. The number of benzene rings is 1. The third-order valence-corrected chi connectivity index (χ3v) is 4.83. The lowest BCUT2D eigenvalue weighted by Crippen LogP contribution is -2.42. The van der Waals surface area contributed by atoms with E-state index in [1.807, 2.05) is 20.8 Å². The summed E-state index contributed by atoms with van der Waals surface area (Å²) in [5.74, 6) is -1.27. The first kappa shape index (κ1) is 21.1. The van der Waals surface area contributed by atoms with Gasteiger partial charge in [0.25, 0.3) is 0 Å². The Labute approximate surface area is 173 Å². The van der Waals surface area contributed by atoms with Crippen LogP contribution in [0.3, 0.4) is 0 Å². The van der Waals surface area contributed by atoms with Crippen molar-refractivity contribution in [2.24, 2.45) is 0 Å². The Morgan fingerprint density at radius 2 is 2.07 bits per heavy atom. The van der Waals surface area contributed by atoms with Gasteiger partial charge in [0.15, 0.2) is 0 Å². The second-order valence-electron chi connectivity index (χ2n) is 8.15. The quantitative estimate of drug-likeness (QED) is 0.402. The van der Waals surface area contributed by atoms with Crippen LogP contribution in [-0.4, -0.2) is 38.9 Å². The van der Waals surface area contributed by atoms with E-state index < -0.39 is 23.2 Å². The number of nitrogens with zero attached hydrogens (tertiary/aromatic N) is 2. The molecule has 3 rings (SSSR count). The Morgan fingerprint density at radius 3 is 2.59 bits per heavy atom. The maximum atomic E-state index is 12.7. The lowest BCUT2D eigenvalue weighted by Gasteiger charge is -2.32. The third kappa shape index (κ3) is 4.54. The van der Waals surface area contributed by atoms with E-state index in [2.05, 4.69) is 5.32 Å². The summed E-state index contributed by atoms with van der Waals surface area (Å²) in [7, 11) is 0. The van der Waals surface area contributed by atoms with E-state index in [1.54, 1.807) is 17.6 Å². The summed E-state index contributed by atoms with van der Waals surface area (Å²) < 4.78 is 1.81. The second kappa shape index (κ2) is 7.68. The Hall–Kier alpha value is -2.58. The highest BCUT2D eigenvalue weighted by atomic mass is 35.5. The first-order valence-electron chi connectivity index (χ1n) is 9.33. The van der Waals surface area contributed by atoms with Crippen LogP contribution in [-0.2, 0) is 9.63 Å². The zero-order valence-electron chi connectivity index (χ0n) is 16.7. The first-order valence-corrected chi connectivity index (χ1v) is 9.70. The van der Waals surface area contributed by atoms with Gasteiger partial charge in [-0.25, -0.2) is 9.86 Å². The van der Waals surface area contributed by atoms with Crippen LogP contribution in [0.25, 0.3) is 10.9 Å². The lowest BCUT2D eigenvalue weighted by atomic mass is 10.1. The normalized spacial score (nSPS) is 15.2. The molecule has 1 aliphatic carbocycles. The molecule has 29 heavy (non-hydrogen) atoms. The van der Waals surface area contributed by atoms with Gasteiger partial charge < -0.3 is 15.0 Å². The van der Waals surface area contributed by atoms with Gasteiger partial charge in [0.2, 0.25) is 11.8 Å². The van der Waals surface area contributed by atoms with Gasteiger partial charge >= 0.3 is 5.97 Å². The van der Waals surface area contributed by atoms with Crippen LogP contribution in [0, 0.1) is 0 Å². The van der Waals surface area contributed by atoms with Crippen molar-refractivity contribution in [1.82, 2.24) is 9.63 Å². The number of carbonyl (C=O) groups is 2. The average molecular weight is 422 g/mol. The van der Waals surface area contributed by atoms with Crippen molar-refractivity contribution in [1.29, 1.82) is 0 Å². The molecule has 0 radical (unpaired) electrons. The number of hydrogen-bond donors (Lipinski definition) is 2. The van der Waals surface area contributed by atoms with Crippen LogP contribution >= 0.6 is 11.6 Å². The fourth-order valence-electron chi connectivity index (χ4n) is 3.09. The fourth-order valence-corrected chi connectivity index (χ4v) is 3.30. The van der Waals surface area contributed by atoms with Crippen molar-refractivity contribution in [2.45, 2.75) is 58.3 Å². The number of nitrogens with one attached hydrogen (secondary N) is 1. The smallest absolute Gasteiger partial charge is 0.341 e. The van der Waals surface area contributed by atoms with E-state index in [9.17, 15) is 19.5 Å². The number of pyridine rings is 1. The van der Waals surface area contributed by atoms with Gasteiger partial charge in [0.1, 0.15) is 11.7 Å². The molecule has 1 fully saturated rings. The summed E-state index contributed by atoms with van der Waals surface area (Å²) >= 11 is 6.44. The number of anilines is 1. The summed E-state index contributed by atoms with van der Waals surface area (Å²) in [6.45, 7) is 7.14. The maximum Gasteiger partial charge on any atom is 0.341 e. The number of carboxylic acid groups (broad SMARTS) is 1. The van der Waals surface area contributed by atoms with Crippen LogP contribution in [0.5, 0.6) is 0 Å². The molecule has 156 valence electrons. The standard InChI is InChI=1S/C20H24ClN3O5/c1-11(24(10-25)29-20(2,3)4)22-16-7-13-17(8-15(16)21)23(12-5-6-12)9-14(18(13)26)19(27)28/h7-12,22H,5-6H2,1-4H3,(H,27,28)/t11-/m0/s1. The summed E-state index contributed by atoms with van der Waals surface area (Å²) in [5, 5.41) is 14.2. The summed E-state index contributed by atoms with van der Waals surface area (Å²) in [6.07, 6.45) is 3.20. The number of aromatic nitrogens is 1. The SMILES string of the molecule is C[C@@H](Nc1cc2c(=O)c(C(=O)O)cn(C3CC3)c2cc1Cl)N(C=O)OC(C)(C)C. The Bertz CT molecular complexity index is 1020. The van der Waals surface area contributed by atoms with Gasteiger partial charge in [-0.15, -0.1) is 0 Å². The minimum absolute atomic E-state index is 0.163. The molecule has 8 nitrogen and oxygen atoms in total. The largest absolute Gasteiger partial charge is 0.477 e. The minimum Gasteiger partial charge on any atom is -0.477 e. The van der Waals surface area contributed by atoms with Crippen molar-refractivity contribution in [3.8, 4) is 0 Å². The van der Waals surface area contributed by atoms with E-state index in [0.29, 0.717) is 22.6 Å². The number of fused-ring (bicyclic) bond motifs is 1. The van der Waals surface area contributed by atoms with Gasteiger partial charge in [-0.05, 0) is 52.7 Å². The highest BCUT2D eigenvalue weighted by Crippen LogP contribution is 2.38. The van der Waals surface area contributed by atoms with Crippen molar-refractivity contribution < 1.29 is 19.5 Å². The predicted molar refractivity (Wildman–Crippen MR) is 110 cm³/mol. The molecular weight excluding hydrogens is 398 g/mol. The van der Waals surface area contributed by atoms with Crippen LogP contribution in [0.4, 0.5) is 5.69 Å². The van der Waals surface area contributed by atoms with E-state index in [4.69, 9.17) is 16.4 Å². The van der Waals surface area contributed by atoms with Crippen LogP contribution in [0.1, 0.15) is 56.9 Å². The first-order chi connectivity index (χ1) is 13.5. The van der Waals surface area contributed by atoms with Gasteiger partial charge in [-0.2, -0.15) is 0 Å². The van der Waals surface area contributed by atoms with Crippen molar-refractivity contribution in [2.75, 3.05) is 5.32 Å². The zero-order valence-corrected chi connectivity index (χ0v) is 17.5. The van der Waals surface area contributed by atoms with Gasteiger partial charge in [-0.1, -0.05) is 11.6 Å². The van der Waals surface area contributed by atoms with E-state index in [-0.39, 0.29) is 17.0 Å². The molecule has 0 spiro atoms. The molecule has 1 aromatic heterocycles. The number of amides is 1. The molecule has 0 bridgehead atoms. The molecule has 1 aromatic carbocycles. The molecular formula is C20H24ClN3O5. The van der Waals surface area contributed by atoms with E-state index in [0.717, 1.165) is 17.9 Å². The minimum atomic E-state index is -1.27. The van der Waals surface area contributed by atoms with E-state index in [1.165, 1.54) is 12.3 Å². The number of carbonyl (C=O) groups excluding carboxylic acids is 1. The molecule has 1 saturated carbocycles. The number of halogens is 1.